The first-order valence-electron chi connectivity index (χ1n) is 7.64. The number of fused-ring (bicyclic) bond motifs is 2. The van der Waals surface area contributed by atoms with Crippen molar-refractivity contribution in [2.45, 2.75) is 6.10 Å². The number of hydrogen-bond donors (Lipinski definition) is 0. The summed E-state index contributed by atoms with van der Waals surface area (Å²) in [6.45, 7) is 0.425. The van der Waals surface area contributed by atoms with Crippen LogP contribution in [0.4, 0.5) is 0 Å². The van der Waals surface area contributed by atoms with Gasteiger partial charge in [0.25, 0.3) is 0 Å². The Bertz CT molecular complexity index is 1060. The minimum atomic E-state index is -0.251. The van der Waals surface area contributed by atoms with Crippen molar-refractivity contribution >= 4 is 32.2 Å². The van der Waals surface area contributed by atoms with Gasteiger partial charge < -0.3 is 9.47 Å². The minimum Gasteiger partial charge on any atom is -0.485 e. The Morgan fingerprint density at radius 2 is 1.84 bits per heavy atom. The lowest BCUT2D eigenvalue weighted by Gasteiger charge is -2.24. The maximum Gasteiger partial charge on any atom is 0.235 e. The van der Waals surface area contributed by atoms with Crippen LogP contribution in [0.15, 0.2) is 53.0 Å². The smallest absolute Gasteiger partial charge is 0.235 e. The van der Waals surface area contributed by atoms with Crippen LogP contribution in [0.5, 0.6) is 11.5 Å². The molecule has 124 valence electrons. The van der Waals surface area contributed by atoms with E-state index in [1.807, 2.05) is 48.5 Å². The van der Waals surface area contributed by atoms with Gasteiger partial charge in [-0.1, -0.05) is 51.5 Å². The van der Waals surface area contributed by atoms with Crippen LogP contribution >= 0.6 is 27.3 Å². The van der Waals surface area contributed by atoms with E-state index < -0.39 is 0 Å². The van der Waals surface area contributed by atoms with E-state index in [0.717, 1.165) is 31.5 Å². The van der Waals surface area contributed by atoms with Gasteiger partial charge in [-0.05, 0) is 24.3 Å². The second-order valence-corrected chi connectivity index (χ2v) is 7.43. The van der Waals surface area contributed by atoms with Crippen LogP contribution in [-0.2, 0) is 0 Å². The number of benzene rings is 2. The third kappa shape index (κ3) is 2.58. The highest BCUT2D eigenvalue weighted by Crippen LogP contribution is 2.37. The Morgan fingerprint density at radius 1 is 1.04 bits per heavy atom. The van der Waals surface area contributed by atoms with Gasteiger partial charge in [0.15, 0.2) is 28.4 Å². The van der Waals surface area contributed by atoms with Crippen molar-refractivity contribution in [2.75, 3.05) is 6.61 Å². The number of ether oxygens (including phenoxy) is 2. The van der Waals surface area contributed by atoms with Gasteiger partial charge in [0.2, 0.25) is 4.96 Å². The topological polar surface area (TPSA) is 61.5 Å². The third-order valence-corrected chi connectivity index (χ3v) is 5.41. The van der Waals surface area contributed by atoms with Crippen molar-refractivity contribution in [2.24, 2.45) is 0 Å². The number of halogens is 1. The molecule has 8 heteroatoms. The highest BCUT2D eigenvalue weighted by atomic mass is 79.9. The fourth-order valence-electron chi connectivity index (χ4n) is 2.68. The van der Waals surface area contributed by atoms with Crippen LogP contribution < -0.4 is 9.47 Å². The molecular weight excluding hydrogens is 404 g/mol. The van der Waals surface area contributed by atoms with Crippen LogP contribution in [-0.4, -0.2) is 26.4 Å². The second-order valence-electron chi connectivity index (χ2n) is 5.53. The number of para-hydroxylation sites is 2. The van der Waals surface area contributed by atoms with E-state index in [9.17, 15) is 0 Å². The molecule has 0 saturated carbocycles. The summed E-state index contributed by atoms with van der Waals surface area (Å²) in [7, 11) is 0. The molecule has 0 radical (unpaired) electrons. The first kappa shape index (κ1) is 14.9. The number of hydrogen-bond acceptors (Lipinski definition) is 6. The summed E-state index contributed by atoms with van der Waals surface area (Å²) in [5, 5.41) is 14.0. The zero-order chi connectivity index (χ0) is 16.8. The molecule has 1 unspecified atom stereocenters. The quantitative estimate of drug-likeness (QED) is 0.493. The lowest BCUT2D eigenvalue weighted by Crippen LogP contribution is -2.21. The second kappa shape index (κ2) is 5.82. The molecule has 2 aromatic heterocycles. The molecule has 0 N–H and O–H groups in total. The molecule has 5 rings (SSSR count). The first-order chi connectivity index (χ1) is 12.3. The van der Waals surface area contributed by atoms with Crippen LogP contribution in [0.25, 0.3) is 16.3 Å². The van der Waals surface area contributed by atoms with Gasteiger partial charge in [0, 0.05) is 10.0 Å². The molecule has 1 aliphatic heterocycles. The van der Waals surface area contributed by atoms with Crippen molar-refractivity contribution < 1.29 is 9.47 Å². The van der Waals surface area contributed by atoms with Crippen molar-refractivity contribution in [3.63, 3.8) is 0 Å². The van der Waals surface area contributed by atoms with Crippen LogP contribution in [0.2, 0.25) is 0 Å². The van der Waals surface area contributed by atoms with E-state index >= 15 is 0 Å². The van der Waals surface area contributed by atoms with Crippen molar-refractivity contribution in [1.82, 2.24) is 19.8 Å². The summed E-state index contributed by atoms with van der Waals surface area (Å²) >= 11 is 4.90. The molecule has 2 aromatic carbocycles. The lowest BCUT2D eigenvalue weighted by atomic mass is 10.2. The van der Waals surface area contributed by atoms with Gasteiger partial charge in [0.05, 0.1) is 0 Å². The molecule has 0 fully saturated rings. The molecule has 25 heavy (non-hydrogen) atoms. The van der Waals surface area contributed by atoms with Gasteiger partial charge in [0.1, 0.15) is 6.61 Å². The van der Waals surface area contributed by atoms with E-state index in [1.165, 1.54) is 11.3 Å². The van der Waals surface area contributed by atoms with E-state index in [-0.39, 0.29) is 6.10 Å². The van der Waals surface area contributed by atoms with E-state index in [1.54, 1.807) is 4.52 Å². The Kier molecular flexibility index (Phi) is 3.46. The molecule has 0 amide bonds. The van der Waals surface area contributed by atoms with Crippen molar-refractivity contribution in [1.29, 1.82) is 0 Å². The monoisotopic (exact) mass is 414 g/mol. The van der Waals surface area contributed by atoms with Crippen molar-refractivity contribution in [3.05, 3.63) is 58.0 Å². The van der Waals surface area contributed by atoms with Crippen LogP contribution in [0, 0.1) is 0 Å². The van der Waals surface area contributed by atoms with Crippen LogP contribution in [0.3, 0.4) is 0 Å². The largest absolute Gasteiger partial charge is 0.485 e. The zero-order valence-electron chi connectivity index (χ0n) is 12.8. The normalized spacial score (nSPS) is 16.3. The molecule has 0 saturated heterocycles. The third-order valence-electron chi connectivity index (χ3n) is 3.89. The number of nitrogens with zero attached hydrogens (tertiary/aromatic N) is 4. The number of aromatic nitrogens is 4. The highest BCUT2D eigenvalue weighted by Gasteiger charge is 2.27. The van der Waals surface area contributed by atoms with Gasteiger partial charge in [-0.15, -0.1) is 10.2 Å². The molecule has 0 bridgehead atoms. The van der Waals surface area contributed by atoms with Gasteiger partial charge >= 0.3 is 0 Å². The summed E-state index contributed by atoms with van der Waals surface area (Å²) in [6, 6.07) is 15.6. The summed E-state index contributed by atoms with van der Waals surface area (Å²) < 4.78 is 14.6. The summed E-state index contributed by atoms with van der Waals surface area (Å²) in [5.41, 5.74) is 0.957. The van der Waals surface area contributed by atoms with Crippen LogP contribution in [0.1, 0.15) is 11.1 Å². The minimum absolute atomic E-state index is 0.251. The standard InChI is InChI=1S/C17H11BrN4O2S/c18-11-7-5-10(6-8-11)15-19-20-17-22(15)21-16(25-17)14-9-23-12-3-1-2-4-13(12)24-14/h1-8,14H,9H2. The SMILES string of the molecule is Brc1ccc(-c2nnc3sc(C4COc5ccccc5O4)nn23)cc1. The fourth-order valence-corrected chi connectivity index (χ4v) is 3.80. The Hall–Kier alpha value is -2.45. The zero-order valence-corrected chi connectivity index (χ0v) is 15.2. The predicted molar refractivity (Wildman–Crippen MR) is 97.1 cm³/mol. The molecular formula is C17H11BrN4O2S. The molecule has 1 aliphatic rings. The van der Waals surface area contributed by atoms with Gasteiger partial charge in [-0.25, -0.2) is 0 Å². The van der Waals surface area contributed by atoms with E-state index in [4.69, 9.17) is 9.47 Å². The Labute approximate surface area is 155 Å². The summed E-state index contributed by atoms with van der Waals surface area (Å²) in [4.78, 5) is 0.732. The lowest BCUT2D eigenvalue weighted by molar-refractivity contribution is 0.0904. The first-order valence-corrected chi connectivity index (χ1v) is 9.25. The van der Waals surface area contributed by atoms with E-state index in [2.05, 4.69) is 31.2 Å². The maximum absolute atomic E-state index is 6.03. The summed E-state index contributed by atoms with van der Waals surface area (Å²) in [5.74, 6) is 2.21. The Morgan fingerprint density at radius 3 is 2.68 bits per heavy atom. The Balaban J connectivity index is 1.51. The molecule has 1 atom stereocenters. The molecule has 0 aliphatic carbocycles. The van der Waals surface area contributed by atoms with Gasteiger partial charge in [-0.3, -0.25) is 0 Å². The average Bonchev–Trinajstić information content (AvgIpc) is 3.23. The number of rotatable bonds is 2. The summed E-state index contributed by atoms with van der Waals surface area (Å²) in [6.07, 6.45) is -0.251. The molecule has 4 aromatic rings. The predicted octanol–water partition coefficient (Wildman–Crippen LogP) is 4.13. The average molecular weight is 415 g/mol. The van der Waals surface area contributed by atoms with E-state index in [0.29, 0.717) is 12.4 Å². The molecule has 0 spiro atoms. The maximum atomic E-state index is 6.03. The fraction of sp³-hybridized carbons (Fsp3) is 0.118. The highest BCUT2D eigenvalue weighted by molar-refractivity contribution is 9.10. The molecule has 6 nitrogen and oxygen atoms in total. The van der Waals surface area contributed by atoms with Crippen molar-refractivity contribution in [3.8, 4) is 22.9 Å². The van der Waals surface area contributed by atoms with Gasteiger partial charge in [-0.2, -0.15) is 9.61 Å². The molecule has 3 heterocycles.